The molecule has 1 atom stereocenters. The molecule has 0 saturated heterocycles. The Bertz CT molecular complexity index is 384. The van der Waals surface area contributed by atoms with Crippen LogP contribution in [0.25, 0.3) is 0 Å². The van der Waals surface area contributed by atoms with Gasteiger partial charge < -0.3 is 15.2 Å². The number of ether oxygens (including phenoxy) is 2. The Kier molecular flexibility index (Phi) is 4.64. The van der Waals surface area contributed by atoms with Gasteiger partial charge in [-0.2, -0.15) is 0 Å². The fourth-order valence-corrected chi connectivity index (χ4v) is 1.48. The smallest absolute Gasteiger partial charge is 0.489 e. The molecular formula is C10H11BrF3NO2. The highest BCUT2D eigenvalue weighted by molar-refractivity contribution is 9.10. The summed E-state index contributed by atoms with van der Waals surface area (Å²) in [5.41, 5.74) is 5.36. The van der Waals surface area contributed by atoms with Gasteiger partial charge in [0.2, 0.25) is 0 Å². The zero-order chi connectivity index (χ0) is 13.1. The van der Waals surface area contributed by atoms with Crippen LogP contribution in [0, 0.1) is 0 Å². The van der Waals surface area contributed by atoms with E-state index in [9.17, 15) is 13.2 Å². The summed E-state index contributed by atoms with van der Waals surface area (Å²) in [4.78, 5) is 0. The summed E-state index contributed by atoms with van der Waals surface area (Å²) in [5, 5.41) is 0. The molecule has 0 bridgehead atoms. The summed E-state index contributed by atoms with van der Waals surface area (Å²) in [6.07, 6.45) is -4.92. The third-order valence-corrected chi connectivity index (χ3v) is 2.42. The number of rotatable bonds is 4. The van der Waals surface area contributed by atoms with Gasteiger partial charge in [-0.25, -0.2) is 0 Å². The van der Waals surface area contributed by atoms with Crippen molar-refractivity contribution in [1.29, 1.82) is 0 Å². The van der Waals surface area contributed by atoms with Gasteiger partial charge in [0.05, 0.1) is 4.47 Å². The first kappa shape index (κ1) is 14.1. The zero-order valence-electron chi connectivity index (χ0n) is 8.92. The predicted molar refractivity (Wildman–Crippen MR) is 60.0 cm³/mol. The van der Waals surface area contributed by atoms with Gasteiger partial charge >= 0.3 is 6.36 Å². The monoisotopic (exact) mass is 313 g/mol. The minimum atomic E-state index is -4.71. The summed E-state index contributed by atoms with van der Waals surface area (Å²) in [5.74, 6) is 0.106. The van der Waals surface area contributed by atoms with E-state index < -0.39 is 6.36 Å². The molecule has 7 heteroatoms. The van der Waals surface area contributed by atoms with Crippen molar-refractivity contribution in [3.8, 4) is 11.5 Å². The van der Waals surface area contributed by atoms with Crippen molar-refractivity contribution in [2.75, 3.05) is 6.54 Å². The van der Waals surface area contributed by atoms with Crippen molar-refractivity contribution >= 4 is 15.9 Å². The molecule has 1 unspecified atom stereocenters. The van der Waals surface area contributed by atoms with Gasteiger partial charge in [0.15, 0.2) is 0 Å². The van der Waals surface area contributed by atoms with Crippen molar-refractivity contribution in [3.05, 3.63) is 22.7 Å². The van der Waals surface area contributed by atoms with E-state index in [1.807, 2.05) is 0 Å². The highest BCUT2D eigenvalue weighted by Gasteiger charge is 2.32. The second kappa shape index (κ2) is 5.59. The molecule has 0 radical (unpaired) electrons. The third kappa shape index (κ3) is 4.82. The van der Waals surface area contributed by atoms with Crippen molar-refractivity contribution < 1.29 is 22.6 Å². The number of nitrogens with two attached hydrogens (primary N) is 1. The van der Waals surface area contributed by atoms with E-state index in [-0.39, 0.29) is 16.3 Å². The fourth-order valence-electron chi connectivity index (χ4n) is 1.04. The number of halogens is 4. The van der Waals surface area contributed by atoms with Crippen LogP contribution < -0.4 is 15.2 Å². The van der Waals surface area contributed by atoms with Gasteiger partial charge in [-0.15, -0.1) is 13.2 Å². The van der Waals surface area contributed by atoms with Crippen LogP contribution >= 0.6 is 15.9 Å². The molecule has 2 N–H and O–H groups in total. The van der Waals surface area contributed by atoms with E-state index in [0.29, 0.717) is 12.3 Å². The van der Waals surface area contributed by atoms with Crippen LogP contribution in [0.3, 0.4) is 0 Å². The SMILES string of the molecule is CC(CN)Oc1ccc(OC(F)(F)F)c(Br)c1. The highest BCUT2D eigenvalue weighted by atomic mass is 79.9. The normalized spacial score (nSPS) is 13.3. The minimum absolute atomic E-state index is 0.163. The second-order valence-corrected chi connectivity index (χ2v) is 4.16. The van der Waals surface area contributed by atoms with Crippen LogP contribution in [0.4, 0.5) is 13.2 Å². The van der Waals surface area contributed by atoms with Gasteiger partial charge in [0.1, 0.15) is 17.6 Å². The standard InChI is InChI=1S/C10H11BrF3NO2/c1-6(5-15)16-7-2-3-9(8(11)4-7)17-10(12,13)14/h2-4,6H,5,15H2,1H3. The summed E-state index contributed by atoms with van der Waals surface area (Å²) in [7, 11) is 0. The second-order valence-electron chi connectivity index (χ2n) is 3.30. The van der Waals surface area contributed by atoms with Crippen molar-refractivity contribution in [2.24, 2.45) is 5.73 Å². The lowest BCUT2D eigenvalue weighted by molar-refractivity contribution is -0.274. The summed E-state index contributed by atoms with van der Waals surface area (Å²) in [6.45, 7) is 2.08. The van der Waals surface area contributed by atoms with Crippen molar-refractivity contribution in [2.45, 2.75) is 19.4 Å². The number of hydrogen-bond acceptors (Lipinski definition) is 3. The molecule has 96 valence electrons. The molecular weight excluding hydrogens is 303 g/mol. The maximum Gasteiger partial charge on any atom is 0.573 e. The first-order valence-electron chi connectivity index (χ1n) is 4.74. The fraction of sp³-hybridized carbons (Fsp3) is 0.400. The zero-order valence-corrected chi connectivity index (χ0v) is 10.5. The molecule has 0 fully saturated rings. The van der Waals surface area contributed by atoms with Crippen LogP contribution in [-0.4, -0.2) is 19.0 Å². The van der Waals surface area contributed by atoms with Crippen LogP contribution in [0.1, 0.15) is 6.92 Å². The van der Waals surface area contributed by atoms with E-state index in [2.05, 4.69) is 20.7 Å². The molecule has 0 amide bonds. The van der Waals surface area contributed by atoms with E-state index in [0.717, 1.165) is 0 Å². The van der Waals surface area contributed by atoms with Crippen LogP contribution in [0.2, 0.25) is 0 Å². The number of alkyl halides is 3. The molecule has 0 saturated carbocycles. The minimum Gasteiger partial charge on any atom is -0.489 e. The summed E-state index contributed by atoms with van der Waals surface area (Å²) >= 11 is 2.98. The van der Waals surface area contributed by atoms with E-state index in [1.165, 1.54) is 18.2 Å². The lowest BCUT2D eigenvalue weighted by Gasteiger charge is -2.14. The maximum absolute atomic E-state index is 12.0. The Labute approximate surface area is 105 Å². The lowest BCUT2D eigenvalue weighted by Crippen LogP contribution is -2.22. The van der Waals surface area contributed by atoms with Crippen LogP contribution in [0.5, 0.6) is 11.5 Å². The summed E-state index contributed by atoms with van der Waals surface area (Å²) < 4.78 is 45.3. The number of benzene rings is 1. The quantitative estimate of drug-likeness (QED) is 0.929. The van der Waals surface area contributed by atoms with Gasteiger partial charge in [-0.1, -0.05) is 0 Å². The molecule has 1 aromatic carbocycles. The molecule has 3 nitrogen and oxygen atoms in total. The molecule has 17 heavy (non-hydrogen) atoms. The van der Waals surface area contributed by atoms with Crippen molar-refractivity contribution in [3.63, 3.8) is 0 Å². The van der Waals surface area contributed by atoms with Crippen LogP contribution in [0.15, 0.2) is 22.7 Å². The topological polar surface area (TPSA) is 44.5 Å². The largest absolute Gasteiger partial charge is 0.573 e. The predicted octanol–water partition coefficient (Wildman–Crippen LogP) is 3.07. The average Bonchev–Trinajstić information content (AvgIpc) is 2.20. The average molecular weight is 314 g/mol. The van der Waals surface area contributed by atoms with Gasteiger partial charge in [-0.05, 0) is 41.1 Å². The van der Waals surface area contributed by atoms with Crippen LogP contribution in [-0.2, 0) is 0 Å². The van der Waals surface area contributed by atoms with E-state index in [1.54, 1.807) is 6.92 Å². The molecule has 1 rings (SSSR count). The molecule has 0 aliphatic carbocycles. The first-order chi connectivity index (χ1) is 7.81. The molecule has 0 heterocycles. The Morgan fingerprint density at radius 1 is 1.41 bits per heavy atom. The Hall–Kier alpha value is -0.950. The van der Waals surface area contributed by atoms with Crippen molar-refractivity contribution in [1.82, 2.24) is 0 Å². The maximum atomic E-state index is 12.0. The van der Waals surface area contributed by atoms with E-state index in [4.69, 9.17) is 10.5 Å². The Morgan fingerprint density at radius 2 is 2.06 bits per heavy atom. The van der Waals surface area contributed by atoms with Gasteiger partial charge in [0, 0.05) is 6.54 Å². The molecule has 1 aromatic rings. The molecule has 0 aliphatic rings. The Morgan fingerprint density at radius 3 is 2.53 bits per heavy atom. The first-order valence-corrected chi connectivity index (χ1v) is 5.53. The highest BCUT2D eigenvalue weighted by Crippen LogP contribution is 2.33. The molecule has 0 spiro atoms. The van der Waals surface area contributed by atoms with Gasteiger partial charge in [-0.3, -0.25) is 0 Å². The third-order valence-electron chi connectivity index (χ3n) is 1.80. The number of hydrogen-bond donors (Lipinski definition) is 1. The molecule has 0 aliphatic heterocycles. The summed E-state index contributed by atoms with van der Waals surface area (Å²) in [6, 6.07) is 3.96. The molecule has 0 aromatic heterocycles. The lowest BCUT2D eigenvalue weighted by atomic mass is 10.3. The Balaban J connectivity index is 2.79. The van der Waals surface area contributed by atoms with E-state index >= 15 is 0 Å². The van der Waals surface area contributed by atoms with Gasteiger partial charge in [0.25, 0.3) is 0 Å².